The Morgan fingerprint density at radius 3 is 2.83 bits per heavy atom. The highest BCUT2D eigenvalue weighted by atomic mass is 35.5. The number of likely N-dealkylation sites (tertiary alicyclic amines) is 1. The van der Waals surface area contributed by atoms with E-state index in [0.29, 0.717) is 17.3 Å². The molecule has 4 rings (SSSR count). The predicted molar refractivity (Wildman–Crippen MR) is 113 cm³/mol. The van der Waals surface area contributed by atoms with E-state index in [9.17, 15) is 4.79 Å². The van der Waals surface area contributed by atoms with E-state index in [1.165, 1.54) is 0 Å². The summed E-state index contributed by atoms with van der Waals surface area (Å²) in [4.78, 5) is 23.7. The summed E-state index contributed by atoms with van der Waals surface area (Å²) < 4.78 is 5.62. The van der Waals surface area contributed by atoms with Crippen molar-refractivity contribution in [3.8, 4) is 17.0 Å². The van der Waals surface area contributed by atoms with E-state index >= 15 is 0 Å². The van der Waals surface area contributed by atoms with E-state index in [-0.39, 0.29) is 18.4 Å². The molecule has 1 fully saturated rings. The fourth-order valence-electron chi connectivity index (χ4n) is 3.56. The van der Waals surface area contributed by atoms with Gasteiger partial charge < -0.3 is 9.64 Å². The van der Waals surface area contributed by atoms with E-state index in [1.54, 1.807) is 12.4 Å². The average Bonchev–Trinajstić information content (AvgIpc) is 2.78. The van der Waals surface area contributed by atoms with Gasteiger partial charge in [0.2, 0.25) is 0 Å². The SMILES string of the molecule is O=C(COc1ccccc1)N1CCC[C@H](c2cncc(-c3cccc(Cl)c3)n2)C1. The molecule has 0 saturated carbocycles. The molecule has 0 aliphatic carbocycles. The van der Waals surface area contributed by atoms with Gasteiger partial charge in [0.15, 0.2) is 6.61 Å². The Morgan fingerprint density at radius 1 is 1.14 bits per heavy atom. The van der Waals surface area contributed by atoms with Crippen molar-refractivity contribution in [3.05, 3.63) is 77.7 Å². The first kappa shape index (κ1) is 19.4. The smallest absolute Gasteiger partial charge is 0.260 e. The van der Waals surface area contributed by atoms with E-state index in [2.05, 4.69) is 4.98 Å². The van der Waals surface area contributed by atoms with E-state index < -0.39 is 0 Å². The molecule has 0 unspecified atom stereocenters. The molecule has 0 spiro atoms. The van der Waals surface area contributed by atoms with Gasteiger partial charge in [0.05, 0.1) is 17.6 Å². The number of benzene rings is 2. The minimum absolute atomic E-state index is 0.00231. The number of carbonyl (C=O) groups excluding carboxylic acids is 1. The molecular weight excluding hydrogens is 386 g/mol. The summed E-state index contributed by atoms with van der Waals surface area (Å²) in [6.45, 7) is 1.42. The molecule has 1 amide bonds. The molecule has 1 aliphatic rings. The summed E-state index contributed by atoms with van der Waals surface area (Å²) in [6.07, 6.45) is 5.46. The van der Waals surface area contributed by atoms with Gasteiger partial charge in [0.1, 0.15) is 5.75 Å². The van der Waals surface area contributed by atoms with Gasteiger partial charge in [0.25, 0.3) is 5.91 Å². The van der Waals surface area contributed by atoms with Gasteiger partial charge in [-0.05, 0) is 37.1 Å². The summed E-state index contributed by atoms with van der Waals surface area (Å²) in [5, 5.41) is 0.669. The van der Waals surface area contributed by atoms with Gasteiger partial charge in [-0.15, -0.1) is 0 Å². The molecule has 2 heterocycles. The molecule has 3 aromatic rings. The molecule has 1 saturated heterocycles. The molecule has 0 N–H and O–H groups in total. The van der Waals surface area contributed by atoms with Crippen LogP contribution in [0.15, 0.2) is 67.0 Å². The van der Waals surface area contributed by atoms with Crippen LogP contribution >= 0.6 is 11.6 Å². The van der Waals surface area contributed by atoms with Crippen molar-refractivity contribution < 1.29 is 9.53 Å². The zero-order valence-corrected chi connectivity index (χ0v) is 16.8. The lowest BCUT2D eigenvalue weighted by atomic mass is 9.94. The van der Waals surface area contributed by atoms with E-state index in [0.717, 1.165) is 36.3 Å². The molecule has 6 heteroatoms. The number of rotatable bonds is 5. The first-order valence-electron chi connectivity index (χ1n) is 9.72. The fourth-order valence-corrected chi connectivity index (χ4v) is 3.75. The third-order valence-electron chi connectivity index (χ3n) is 5.07. The number of nitrogens with zero attached hydrogens (tertiary/aromatic N) is 3. The first-order valence-corrected chi connectivity index (χ1v) is 10.1. The summed E-state index contributed by atoms with van der Waals surface area (Å²) >= 11 is 6.11. The standard InChI is InChI=1S/C23H22ClN3O2/c24-19-8-4-6-17(12-19)21-13-25-14-22(26-21)18-7-5-11-27(15-18)23(28)16-29-20-9-2-1-3-10-20/h1-4,6,8-10,12-14,18H,5,7,11,15-16H2/t18-/m0/s1. The van der Waals surface area contributed by atoms with Gasteiger partial charge in [0, 0.05) is 35.8 Å². The number of ether oxygens (including phenoxy) is 1. The average molecular weight is 408 g/mol. The van der Waals surface area contributed by atoms with Gasteiger partial charge in [-0.1, -0.05) is 41.9 Å². The zero-order valence-electron chi connectivity index (χ0n) is 16.0. The number of aromatic nitrogens is 2. The topological polar surface area (TPSA) is 55.3 Å². The van der Waals surface area contributed by atoms with Crippen molar-refractivity contribution >= 4 is 17.5 Å². The maximum Gasteiger partial charge on any atom is 0.260 e. The largest absolute Gasteiger partial charge is 0.484 e. The highest BCUT2D eigenvalue weighted by Crippen LogP contribution is 2.28. The number of hydrogen-bond acceptors (Lipinski definition) is 4. The lowest BCUT2D eigenvalue weighted by molar-refractivity contribution is -0.134. The lowest BCUT2D eigenvalue weighted by Crippen LogP contribution is -2.41. The Labute approximate surface area is 175 Å². The van der Waals surface area contributed by atoms with Crippen LogP contribution in [0.1, 0.15) is 24.5 Å². The highest BCUT2D eigenvalue weighted by Gasteiger charge is 2.26. The second kappa shape index (κ2) is 9.05. The van der Waals surface area contributed by atoms with E-state index in [1.807, 2.05) is 59.5 Å². The molecular formula is C23H22ClN3O2. The first-order chi connectivity index (χ1) is 14.2. The van der Waals surface area contributed by atoms with Crippen LogP contribution in [0.5, 0.6) is 5.75 Å². The van der Waals surface area contributed by atoms with Crippen LogP contribution in [0.25, 0.3) is 11.3 Å². The summed E-state index contributed by atoms with van der Waals surface area (Å²) in [5.41, 5.74) is 2.64. The predicted octanol–water partition coefficient (Wildman–Crippen LogP) is 4.58. The number of para-hydroxylation sites is 1. The van der Waals surface area contributed by atoms with Crippen LogP contribution in [0.3, 0.4) is 0 Å². The molecule has 148 valence electrons. The van der Waals surface area contributed by atoms with Crippen molar-refractivity contribution in [2.75, 3.05) is 19.7 Å². The Hall–Kier alpha value is -2.92. The van der Waals surface area contributed by atoms with Crippen LogP contribution in [-0.2, 0) is 4.79 Å². The fraction of sp³-hybridized carbons (Fsp3) is 0.261. The summed E-state index contributed by atoms with van der Waals surface area (Å²) in [5.74, 6) is 0.864. The normalized spacial score (nSPS) is 16.4. The van der Waals surface area contributed by atoms with Crippen LogP contribution < -0.4 is 4.74 Å². The summed E-state index contributed by atoms with van der Waals surface area (Å²) in [7, 11) is 0. The van der Waals surface area contributed by atoms with Gasteiger partial charge in [-0.2, -0.15) is 0 Å². The Kier molecular flexibility index (Phi) is 6.06. The minimum Gasteiger partial charge on any atom is -0.484 e. The van der Waals surface area contributed by atoms with Gasteiger partial charge in [-0.25, -0.2) is 4.98 Å². The van der Waals surface area contributed by atoms with Crippen molar-refractivity contribution in [2.45, 2.75) is 18.8 Å². The molecule has 1 aromatic heterocycles. The summed E-state index contributed by atoms with van der Waals surface area (Å²) in [6, 6.07) is 17.0. The minimum atomic E-state index is -0.00231. The third-order valence-corrected chi connectivity index (χ3v) is 5.31. The van der Waals surface area contributed by atoms with Crippen molar-refractivity contribution in [2.24, 2.45) is 0 Å². The number of halogens is 1. The maximum atomic E-state index is 12.6. The molecule has 1 aliphatic heterocycles. The molecule has 5 nitrogen and oxygen atoms in total. The Morgan fingerprint density at radius 2 is 2.00 bits per heavy atom. The van der Waals surface area contributed by atoms with Crippen LogP contribution in [0.2, 0.25) is 5.02 Å². The highest BCUT2D eigenvalue weighted by molar-refractivity contribution is 6.30. The molecule has 0 bridgehead atoms. The van der Waals surface area contributed by atoms with Gasteiger partial charge in [-0.3, -0.25) is 9.78 Å². The monoisotopic (exact) mass is 407 g/mol. The van der Waals surface area contributed by atoms with Crippen LogP contribution in [0, 0.1) is 0 Å². The molecule has 1 atom stereocenters. The number of carbonyl (C=O) groups is 1. The van der Waals surface area contributed by atoms with Gasteiger partial charge >= 0.3 is 0 Å². The molecule has 29 heavy (non-hydrogen) atoms. The van der Waals surface area contributed by atoms with Crippen LogP contribution in [0.4, 0.5) is 0 Å². The van der Waals surface area contributed by atoms with Crippen LogP contribution in [-0.4, -0.2) is 40.5 Å². The molecule has 2 aromatic carbocycles. The Balaban J connectivity index is 1.43. The van der Waals surface area contributed by atoms with Crippen molar-refractivity contribution in [1.29, 1.82) is 0 Å². The Bertz CT molecular complexity index is 981. The second-order valence-electron chi connectivity index (χ2n) is 7.12. The van der Waals surface area contributed by atoms with E-state index in [4.69, 9.17) is 21.3 Å². The van der Waals surface area contributed by atoms with Crippen molar-refractivity contribution in [1.82, 2.24) is 14.9 Å². The van der Waals surface area contributed by atoms with Crippen molar-refractivity contribution in [3.63, 3.8) is 0 Å². The third kappa shape index (κ3) is 4.93. The number of amides is 1. The molecule has 0 radical (unpaired) electrons. The second-order valence-corrected chi connectivity index (χ2v) is 7.56. The quantitative estimate of drug-likeness (QED) is 0.621. The number of piperidine rings is 1. The zero-order chi connectivity index (χ0) is 20.1. The maximum absolute atomic E-state index is 12.6. The lowest BCUT2D eigenvalue weighted by Gasteiger charge is -2.32. The number of hydrogen-bond donors (Lipinski definition) is 0.